The van der Waals surface area contributed by atoms with Gasteiger partial charge in [0, 0.05) is 13.0 Å². The van der Waals surface area contributed by atoms with Crippen LogP contribution in [0.4, 0.5) is 0 Å². The highest BCUT2D eigenvalue weighted by atomic mass is 16.1. The molecule has 0 bridgehead atoms. The molecule has 80 valence electrons. The van der Waals surface area contributed by atoms with Crippen molar-refractivity contribution in [3.63, 3.8) is 0 Å². The molecule has 0 spiro atoms. The van der Waals surface area contributed by atoms with E-state index in [1.54, 1.807) is 6.92 Å². The average molecular weight is 196 g/mol. The second-order valence-electron chi connectivity index (χ2n) is 4.65. The van der Waals surface area contributed by atoms with Crippen LogP contribution in [0.3, 0.4) is 0 Å². The van der Waals surface area contributed by atoms with E-state index >= 15 is 0 Å². The van der Waals surface area contributed by atoms with Gasteiger partial charge in [0.15, 0.2) is 0 Å². The lowest BCUT2D eigenvalue weighted by atomic mass is 9.72. The van der Waals surface area contributed by atoms with Gasteiger partial charge in [-0.05, 0) is 44.2 Å². The summed E-state index contributed by atoms with van der Waals surface area (Å²) in [6.45, 7) is 3.91. The number of hydrogen-bond acceptors (Lipinski definition) is 2. The quantitative estimate of drug-likeness (QED) is 0.654. The number of carbonyl (C=O) groups is 1. The Morgan fingerprint density at radius 1 is 1.36 bits per heavy atom. The predicted octanol–water partition coefficient (Wildman–Crippen LogP) is 0.901. The van der Waals surface area contributed by atoms with Crippen LogP contribution in [0, 0.1) is 11.8 Å². The van der Waals surface area contributed by atoms with E-state index in [9.17, 15) is 4.79 Å². The van der Waals surface area contributed by atoms with Crippen LogP contribution in [0.25, 0.3) is 0 Å². The third-order valence-corrected chi connectivity index (χ3v) is 3.66. The molecule has 1 saturated heterocycles. The molecule has 1 aliphatic heterocycles. The molecule has 0 radical (unpaired) electrons. The molecule has 3 nitrogen and oxygen atoms in total. The number of nitrogens with one attached hydrogen (secondary N) is 2. The lowest BCUT2D eigenvalue weighted by Gasteiger charge is -2.41. The highest BCUT2D eigenvalue weighted by Gasteiger charge is 2.34. The highest BCUT2D eigenvalue weighted by molar-refractivity contribution is 5.73. The first-order valence-corrected chi connectivity index (χ1v) is 5.75. The monoisotopic (exact) mass is 196 g/mol. The van der Waals surface area contributed by atoms with Crippen LogP contribution in [0.1, 0.15) is 32.6 Å². The van der Waals surface area contributed by atoms with Crippen LogP contribution in [-0.2, 0) is 4.79 Å². The van der Waals surface area contributed by atoms with Crippen molar-refractivity contribution in [2.45, 2.75) is 38.6 Å². The molecule has 0 aromatic rings. The molecule has 1 aliphatic carbocycles. The Morgan fingerprint density at radius 2 is 2.21 bits per heavy atom. The van der Waals surface area contributed by atoms with Gasteiger partial charge >= 0.3 is 0 Å². The predicted molar refractivity (Wildman–Crippen MR) is 55.9 cm³/mol. The van der Waals surface area contributed by atoms with Crippen molar-refractivity contribution in [3.8, 4) is 0 Å². The number of amides is 1. The molecule has 3 unspecified atom stereocenters. The number of hydrogen-bond donors (Lipinski definition) is 2. The van der Waals surface area contributed by atoms with Crippen molar-refractivity contribution >= 4 is 5.91 Å². The minimum atomic E-state index is 0.134. The second kappa shape index (κ2) is 4.30. The molecule has 0 aromatic carbocycles. The smallest absolute Gasteiger partial charge is 0.217 e. The summed E-state index contributed by atoms with van der Waals surface area (Å²) < 4.78 is 0. The first kappa shape index (κ1) is 9.97. The third kappa shape index (κ3) is 2.08. The van der Waals surface area contributed by atoms with E-state index < -0.39 is 0 Å². The van der Waals surface area contributed by atoms with Gasteiger partial charge in [-0.1, -0.05) is 6.42 Å². The van der Waals surface area contributed by atoms with E-state index in [1.807, 2.05) is 0 Å². The molecule has 1 heterocycles. The molecule has 2 N–H and O–H groups in total. The maximum atomic E-state index is 11.1. The summed E-state index contributed by atoms with van der Waals surface area (Å²) in [5.74, 6) is 1.66. The van der Waals surface area contributed by atoms with Gasteiger partial charge in [-0.2, -0.15) is 0 Å². The Kier molecular flexibility index (Phi) is 3.06. The highest BCUT2D eigenvalue weighted by Crippen LogP contribution is 2.33. The Morgan fingerprint density at radius 3 is 3.00 bits per heavy atom. The van der Waals surface area contributed by atoms with E-state index in [4.69, 9.17) is 0 Å². The van der Waals surface area contributed by atoms with Crippen LogP contribution in [-0.4, -0.2) is 25.0 Å². The van der Waals surface area contributed by atoms with Crippen LogP contribution in [0.2, 0.25) is 0 Å². The molecule has 3 atom stereocenters. The molecule has 14 heavy (non-hydrogen) atoms. The Hall–Kier alpha value is -0.570. The summed E-state index contributed by atoms with van der Waals surface area (Å²) >= 11 is 0. The molecule has 1 amide bonds. The first-order chi connectivity index (χ1) is 6.77. The largest absolute Gasteiger partial charge is 0.353 e. The molecule has 2 rings (SSSR count). The summed E-state index contributed by atoms with van der Waals surface area (Å²) in [6, 6.07) is 0.452. The zero-order valence-corrected chi connectivity index (χ0v) is 8.88. The number of carbonyl (C=O) groups excluding carboxylic acids is 1. The van der Waals surface area contributed by atoms with Crippen LogP contribution in [0.15, 0.2) is 0 Å². The van der Waals surface area contributed by atoms with Crippen molar-refractivity contribution in [1.29, 1.82) is 0 Å². The molecule has 3 heteroatoms. The Balaban J connectivity index is 1.97. The van der Waals surface area contributed by atoms with Gasteiger partial charge in [-0.3, -0.25) is 4.79 Å². The van der Waals surface area contributed by atoms with Crippen LogP contribution in [0.5, 0.6) is 0 Å². The SMILES string of the molecule is CC(=O)NC1CCCC2CNCCC21. The van der Waals surface area contributed by atoms with Crippen molar-refractivity contribution in [2.75, 3.05) is 13.1 Å². The van der Waals surface area contributed by atoms with Gasteiger partial charge in [0.2, 0.25) is 5.91 Å². The molecule has 0 aromatic heterocycles. The van der Waals surface area contributed by atoms with Gasteiger partial charge in [-0.25, -0.2) is 0 Å². The Labute approximate surface area is 85.6 Å². The summed E-state index contributed by atoms with van der Waals surface area (Å²) in [5.41, 5.74) is 0. The molecular formula is C11H20N2O. The lowest BCUT2D eigenvalue weighted by Crippen LogP contribution is -2.50. The van der Waals surface area contributed by atoms with Crippen LogP contribution < -0.4 is 10.6 Å². The van der Waals surface area contributed by atoms with Gasteiger partial charge in [-0.15, -0.1) is 0 Å². The van der Waals surface area contributed by atoms with Gasteiger partial charge in [0.1, 0.15) is 0 Å². The number of piperidine rings is 1. The standard InChI is InChI=1S/C11H20N2O/c1-8(14)13-11-4-2-3-9-7-12-6-5-10(9)11/h9-12H,2-7H2,1H3,(H,13,14). The number of rotatable bonds is 1. The topological polar surface area (TPSA) is 41.1 Å². The maximum absolute atomic E-state index is 11.1. The second-order valence-corrected chi connectivity index (χ2v) is 4.65. The van der Waals surface area contributed by atoms with E-state index in [1.165, 1.54) is 25.7 Å². The zero-order valence-electron chi connectivity index (χ0n) is 8.88. The van der Waals surface area contributed by atoms with Gasteiger partial charge in [0.05, 0.1) is 0 Å². The van der Waals surface area contributed by atoms with Crippen LogP contribution >= 0.6 is 0 Å². The average Bonchev–Trinajstić information content (AvgIpc) is 2.18. The van der Waals surface area contributed by atoms with Crippen molar-refractivity contribution < 1.29 is 4.79 Å². The Bertz CT molecular complexity index is 215. The zero-order chi connectivity index (χ0) is 9.97. The van der Waals surface area contributed by atoms with Gasteiger partial charge < -0.3 is 10.6 Å². The maximum Gasteiger partial charge on any atom is 0.217 e. The fraction of sp³-hybridized carbons (Fsp3) is 0.909. The fourth-order valence-electron chi connectivity index (χ4n) is 3.04. The van der Waals surface area contributed by atoms with Crippen molar-refractivity contribution in [3.05, 3.63) is 0 Å². The van der Waals surface area contributed by atoms with Crippen molar-refractivity contribution in [1.82, 2.24) is 10.6 Å². The van der Waals surface area contributed by atoms with E-state index in [2.05, 4.69) is 10.6 Å². The molecule has 2 aliphatic rings. The van der Waals surface area contributed by atoms with Crippen molar-refractivity contribution in [2.24, 2.45) is 11.8 Å². The molecule has 1 saturated carbocycles. The molecule has 2 fully saturated rings. The van der Waals surface area contributed by atoms with E-state index in [0.29, 0.717) is 6.04 Å². The molecular weight excluding hydrogens is 176 g/mol. The summed E-state index contributed by atoms with van der Waals surface area (Å²) in [4.78, 5) is 11.1. The minimum Gasteiger partial charge on any atom is -0.353 e. The van der Waals surface area contributed by atoms with E-state index in [-0.39, 0.29) is 5.91 Å². The summed E-state index contributed by atoms with van der Waals surface area (Å²) in [5, 5.41) is 6.56. The van der Waals surface area contributed by atoms with Gasteiger partial charge in [0.25, 0.3) is 0 Å². The first-order valence-electron chi connectivity index (χ1n) is 5.75. The minimum absolute atomic E-state index is 0.134. The normalized spacial score (nSPS) is 37.4. The fourth-order valence-corrected chi connectivity index (χ4v) is 3.04. The summed E-state index contributed by atoms with van der Waals surface area (Å²) in [6.07, 6.45) is 5.03. The number of fused-ring (bicyclic) bond motifs is 1. The third-order valence-electron chi connectivity index (χ3n) is 3.66. The van der Waals surface area contributed by atoms with E-state index in [0.717, 1.165) is 24.9 Å². The summed E-state index contributed by atoms with van der Waals surface area (Å²) in [7, 11) is 0. The lowest BCUT2D eigenvalue weighted by molar-refractivity contribution is -0.120.